The molecule has 0 amide bonds. The van der Waals surface area contributed by atoms with Crippen molar-refractivity contribution >= 4 is 55.8 Å². The summed E-state index contributed by atoms with van der Waals surface area (Å²) in [6, 6.07) is 0. The predicted molar refractivity (Wildman–Crippen MR) is 178 cm³/mol. The molecule has 264 valence electrons. The van der Waals surface area contributed by atoms with Crippen LogP contribution in [0.3, 0.4) is 0 Å². The van der Waals surface area contributed by atoms with Crippen LogP contribution in [-0.2, 0) is 48.2 Å². The molecule has 1 heterocycles. The maximum atomic E-state index is 13.2. The van der Waals surface area contributed by atoms with Crippen molar-refractivity contribution in [3.8, 4) is 0 Å². The number of ether oxygens (including phenoxy) is 3. The smallest absolute Gasteiger partial charge is 0.336 e. The number of aliphatic hydroxyl groups is 3. The van der Waals surface area contributed by atoms with Crippen LogP contribution in [0, 0.1) is 5.92 Å². The topological polar surface area (TPSA) is 206 Å². The van der Waals surface area contributed by atoms with Crippen LogP contribution in [0.5, 0.6) is 0 Å². The Morgan fingerprint density at radius 3 is 1.17 bits per heavy atom. The molecular weight excluding hydrogens is 667 g/mol. The van der Waals surface area contributed by atoms with Gasteiger partial charge in [0.05, 0.1) is 51.1 Å². The van der Waals surface area contributed by atoms with Crippen molar-refractivity contribution in [1.29, 1.82) is 0 Å². The van der Waals surface area contributed by atoms with Gasteiger partial charge in [0.25, 0.3) is 0 Å². The fourth-order valence-electron chi connectivity index (χ4n) is 4.20. The number of aliphatic hydroxyl groups excluding tert-OH is 3. The molecule has 0 bridgehead atoms. The second-order valence-corrected chi connectivity index (χ2v) is 12.6. The van der Waals surface area contributed by atoms with Gasteiger partial charge in [0.2, 0.25) is 0 Å². The van der Waals surface area contributed by atoms with Crippen molar-refractivity contribution in [2.24, 2.45) is 5.92 Å². The second kappa shape index (κ2) is 21.6. The first-order valence-corrected chi connectivity index (χ1v) is 16.7. The number of rotatable bonds is 22. The third-order valence-electron chi connectivity index (χ3n) is 7.27. The molecule has 15 nitrogen and oxygen atoms in total. The van der Waals surface area contributed by atoms with Gasteiger partial charge in [-0.05, 0) is 18.8 Å². The minimum atomic E-state index is -1.05. The lowest BCUT2D eigenvalue weighted by Crippen LogP contribution is -2.55. The highest BCUT2D eigenvalue weighted by molar-refractivity contribution is 7.81. The van der Waals surface area contributed by atoms with Crippen LogP contribution in [0.2, 0.25) is 0 Å². The SMILES string of the molecule is CCC(O)C(S)CC(=O)OCCn1c(=O)n(CCOC(=O)CC(S)C(O)CC)c(=O)n(CCOC(=O)CC(S)C(CC)CO)c1=O. The van der Waals surface area contributed by atoms with E-state index in [1.807, 2.05) is 6.92 Å². The maximum absolute atomic E-state index is 13.2. The highest BCUT2D eigenvalue weighted by Gasteiger charge is 2.22. The van der Waals surface area contributed by atoms with Gasteiger partial charge in [0.15, 0.2) is 0 Å². The number of hydrogen-bond acceptors (Lipinski definition) is 15. The lowest BCUT2D eigenvalue weighted by molar-refractivity contribution is -0.145. The molecule has 3 N–H and O–H groups in total. The quantitative estimate of drug-likeness (QED) is 0.0508. The number of hydrogen-bond donors (Lipinski definition) is 6. The molecule has 0 aromatic carbocycles. The first kappa shape index (κ1) is 41.8. The summed E-state index contributed by atoms with van der Waals surface area (Å²) in [7, 11) is 0. The van der Waals surface area contributed by atoms with Gasteiger partial charge in [-0.1, -0.05) is 27.2 Å². The molecule has 1 aromatic rings. The Morgan fingerprint density at radius 2 is 0.913 bits per heavy atom. The maximum Gasteiger partial charge on any atom is 0.336 e. The highest BCUT2D eigenvalue weighted by Crippen LogP contribution is 2.18. The molecule has 0 saturated heterocycles. The zero-order chi connectivity index (χ0) is 35.0. The third kappa shape index (κ3) is 13.5. The summed E-state index contributed by atoms with van der Waals surface area (Å²) in [6.07, 6.45) is -0.914. The van der Waals surface area contributed by atoms with Gasteiger partial charge in [-0.3, -0.25) is 14.4 Å². The van der Waals surface area contributed by atoms with E-state index in [0.717, 1.165) is 0 Å². The average molecular weight is 714 g/mol. The summed E-state index contributed by atoms with van der Waals surface area (Å²) in [5.41, 5.74) is -3.15. The lowest BCUT2D eigenvalue weighted by atomic mass is 10.0. The molecule has 0 saturated carbocycles. The lowest BCUT2D eigenvalue weighted by Gasteiger charge is -2.19. The van der Waals surface area contributed by atoms with Crippen LogP contribution in [0.1, 0.15) is 59.3 Å². The van der Waals surface area contributed by atoms with Gasteiger partial charge in [0.1, 0.15) is 19.8 Å². The van der Waals surface area contributed by atoms with Crippen molar-refractivity contribution in [3.05, 3.63) is 31.5 Å². The van der Waals surface area contributed by atoms with Gasteiger partial charge in [-0.25, -0.2) is 28.1 Å². The Labute approximate surface area is 283 Å². The second-order valence-electron chi connectivity index (χ2n) is 10.6. The monoisotopic (exact) mass is 713 g/mol. The molecule has 0 aliphatic heterocycles. The van der Waals surface area contributed by atoms with E-state index in [2.05, 4.69) is 37.9 Å². The zero-order valence-corrected chi connectivity index (χ0v) is 29.0. The van der Waals surface area contributed by atoms with Crippen LogP contribution >= 0.6 is 37.9 Å². The number of aromatic nitrogens is 3. The fourth-order valence-corrected chi connectivity index (χ4v) is 5.38. The van der Waals surface area contributed by atoms with E-state index in [-0.39, 0.29) is 31.8 Å². The number of thiol groups is 3. The van der Waals surface area contributed by atoms with E-state index < -0.39 is 102 Å². The largest absolute Gasteiger partial charge is 0.464 e. The first-order valence-electron chi connectivity index (χ1n) is 15.1. The number of nitrogens with zero attached hydrogens (tertiary/aromatic N) is 3. The molecule has 0 radical (unpaired) electrons. The molecule has 0 fully saturated rings. The third-order valence-corrected chi connectivity index (χ3v) is 8.93. The Hall–Kier alpha value is -2.25. The van der Waals surface area contributed by atoms with Crippen molar-refractivity contribution < 1.29 is 43.9 Å². The molecule has 0 aliphatic rings. The van der Waals surface area contributed by atoms with Gasteiger partial charge in [0, 0.05) is 22.4 Å². The summed E-state index contributed by atoms with van der Waals surface area (Å²) in [4.78, 5) is 76.2. The highest BCUT2D eigenvalue weighted by atomic mass is 32.1. The Balaban J connectivity index is 3.13. The summed E-state index contributed by atoms with van der Waals surface area (Å²) in [6.45, 7) is 2.57. The molecule has 46 heavy (non-hydrogen) atoms. The number of esters is 3. The number of carbonyl (C=O) groups is 3. The van der Waals surface area contributed by atoms with E-state index in [1.54, 1.807) is 13.8 Å². The molecule has 6 atom stereocenters. The molecule has 1 rings (SSSR count). The van der Waals surface area contributed by atoms with Crippen molar-refractivity contribution in [2.75, 3.05) is 26.4 Å². The fraction of sp³-hybridized carbons (Fsp3) is 0.786. The Morgan fingerprint density at radius 1 is 0.609 bits per heavy atom. The first-order chi connectivity index (χ1) is 21.7. The zero-order valence-electron chi connectivity index (χ0n) is 26.4. The standard InChI is InChI=1S/C28H47N3O12S3/c1-4-17(16-32)20(44)13-23(35)41-10-7-29-26(38)30(8-11-42-24(36)14-21(45)18(33)5-2)28(40)31(27(29)39)9-12-43-25(37)15-22(46)19(34)6-3/h17-22,32-34,44-46H,4-16H2,1-3H3. The van der Waals surface area contributed by atoms with E-state index in [9.17, 15) is 44.1 Å². The van der Waals surface area contributed by atoms with E-state index >= 15 is 0 Å². The summed E-state index contributed by atoms with van der Waals surface area (Å²) >= 11 is 12.7. The molecule has 6 unspecified atom stereocenters. The van der Waals surface area contributed by atoms with Gasteiger partial charge in [-0.15, -0.1) is 0 Å². The molecular formula is C28H47N3O12S3. The molecule has 1 aromatic heterocycles. The summed E-state index contributed by atoms with van der Waals surface area (Å²) in [5.74, 6) is -2.35. The number of carbonyl (C=O) groups excluding carboxylic acids is 3. The average Bonchev–Trinajstić information content (AvgIpc) is 3.01. The van der Waals surface area contributed by atoms with E-state index in [0.29, 0.717) is 33.0 Å². The van der Waals surface area contributed by atoms with Crippen molar-refractivity contribution in [1.82, 2.24) is 13.7 Å². The van der Waals surface area contributed by atoms with Crippen LogP contribution in [0.15, 0.2) is 14.4 Å². The predicted octanol–water partition coefficient (Wildman–Crippen LogP) is -0.573. The summed E-state index contributed by atoms with van der Waals surface area (Å²) < 4.78 is 17.4. The van der Waals surface area contributed by atoms with Crippen molar-refractivity contribution in [3.63, 3.8) is 0 Å². The molecule has 0 aliphatic carbocycles. The normalized spacial score (nSPS) is 15.3. The van der Waals surface area contributed by atoms with Gasteiger partial charge >= 0.3 is 35.0 Å². The van der Waals surface area contributed by atoms with Crippen molar-refractivity contribution in [2.45, 2.75) is 107 Å². The van der Waals surface area contributed by atoms with E-state index in [1.165, 1.54) is 0 Å². The van der Waals surface area contributed by atoms with Crippen LogP contribution in [-0.4, -0.2) is 101 Å². The summed E-state index contributed by atoms with van der Waals surface area (Å²) in [5, 5.41) is 27.2. The molecule has 0 spiro atoms. The minimum absolute atomic E-state index is 0.123. The van der Waals surface area contributed by atoms with Crippen LogP contribution in [0.25, 0.3) is 0 Å². The van der Waals surface area contributed by atoms with Crippen LogP contribution < -0.4 is 17.1 Å². The molecule has 18 heteroatoms. The van der Waals surface area contributed by atoms with E-state index in [4.69, 9.17) is 14.2 Å². The van der Waals surface area contributed by atoms with Gasteiger partial charge < -0.3 is 29.5 Å². The minimum Gasteiger partial charge on any atom is -0.464 e. The Bertz CT molecular complexity index is 1220. The van der Waals surface area contributed by atoms with Crippen LogP contribution in [0.4, 0.5) is 0 Å². The van der Waals surface area contributed by atoms with Gasteiger partial charge in [-0.2, -0.15) is 37.9 Å². The Kier molecular flexibility index (Phi) is 19.6.